The van der Waals surface area contributed by atoms with Gasteiger partial charge in [0.25, 0.3) is 0 Å². The van der Waals surface area contributed by atoms with Gasteiger partial charge in [-0.2, -0.15) is 0 Å². The summed E-state index contributed by atoms with van der Waals surface area (Å²) in [7, 11) is 0. The summed E-state index contributed by atoms with van der Waals surface area (Å²) in [5.41, 5.74) is 3.65. The van der Waals surface area contributed by atoms with Gasteiger partial charge in [-0.05, 0) is 47.9 Å². The summed E-state index contributed by atoms with van der Waals surface area (Å²) in [5, 5.41) is 33.8. The van der Waals surface area contributed by atoms with Crippen LogP contribution in [0.5, 0.6) is 0 Å². The van der Waals surface area contributed by atoms with Crippen molar-refractivity contribution in [2.45, 2.75) is 51.4 Å². The van der Waals surface area contributed by atoms with Gasteiger partial charge in [0.1, 0.15) is 0 Å². The molecule has 4 aromatic carbocycles. The summed E-state index contributed by atoms with van der Waals surface area (Å²) in [6, 6.07) is 39.7. The van der Waals surface area contributed by atoms with Crippen LogP contribution in [0.2, 0.25) is 0 Å². The molecule has 4 rings (SSSR count). The molecule has 0 aliphatic rings. The molecule has 0 unspecified atom stereocenters. The van der Waals surface area contributed by atoms with Crippen molar-refractivity contribution in [1.29, 1.82) is 0 Å². The van der Waals surface area contributed by atoms with E-state index in [0.717, 1.165) is 25.7 Å². The van der Waals surface area contributed by atoms with Gasteiger partial charge in [-0.3, -0.25) is 19.2 Å². The number of carbonyl (C=O) groups excluding carboxylic acids is 4. The second kappa shape index (κ2) is 32.2. The first kappa shape index (κ1) is 49.8. The van der Waals surface area contributed by atoms with Crippen molar-refractivity contribution < 1.29 is 39.6 Å². The van der Waals surface area contributed by atoms with E-state index in [0.29, 0.717) is 25.7 Å². The Hall–Kier alpha value is -3.20. The molecule has 4 N–H and O–H groups in total. The van der Waals surface area contributed by atoms with E-state index in [1.807, 2.05) is 121 Å². The lowest BCUT2D eigenvalue weighted by atomic mass is 9.93. The van der Waals surface area contributed by atoms with E-state index in [9.17, 15) is 19.2 Å². The SMILES string of the molecule is O=C(S)CCc1ccccc1.O=C(S)CCc1ccccc1.O=C(S)CCc1ccccc1.O=C(S)CCc1ccccc1.OCC(CO)(CO)CO. The fraction of sp³-hybridized carbons (Fsp3) is 0.317. The highest BCUT2D eigenvalue weighted by Gasteiger charge is 2.26. The van der Waals surface area contributed by atoms with Crippen LogP contribution in [0.1, 0.15) is 47.9 Å². The first-order valence-corrected chi connectivity index (χ1v) is 18.7. The number of aliphatic hydroxyl groups excluding tert-OH is 4. The minimum absolute atomic E-state index is 0.0474. The highest BCUT2D eigenvalue weighted by molar-refractivity contribution is 7.97. The zero-order valence-electron chi connectivity index (χ0n) is 29.7. The molecular formula is C41H52O8S4. The van der Waals surface area contributed by atoms with E-state index in [1.165, 1.54) is 22.3 Å². The second-order valence-electron chi connectivity index (χ2n) is 11.6. The highest BCUT2D eigenvalue weighted by atomic mass is 32.1. The second-order valence-corrected chi connectivity index (χ2v) is 13.6. The number of aryl methyl sites for hydroxylation is 4. The minimum atomic E-state index is -1.11. The van der Waals surface area contributed by atoms with E-state index in [-0.39, 0.29) is 20.5 Å². The molecule has 0 amide bonds. The van der Waals surface area contributed by atoms with Crippen molar-refractivity contribution in [3.05, 3.63) is 144 Å². The first-order chi connectivity index (χ1) is 25.4. The van der Waals surface area contributed by atoms with Gasteiger partial charge in [0.2, 0.25) is 0 Å². The summed E-state index contributed by atoms with van der Waals surface area (Å²) >= 11 is 14.8. The molecule has 0 aliphatic carbocycles. The number of hydrogen-bond donors (Lipinski definition) is 8. The molecule has 288 valence electrons. The van der Waals surface area contributed by atoms with Crippen LogP contribution in [-0.4, -0.2) is 67.3 Å². The van der Waals surface area contributed by atoms with Gasteiger partial charge < -0.3 is 20.4 Å². The highest BCUT2D eigenvalue weighted by Crippen LogP contribution is 2.12. The minimum Gasteiger partial charge on any atom is -0.396 e. The largest absolute Gasteiger partial charge is 0.396 e. The van der Waals surface area contributed by atoms with Crippen LogP contribution in [0.25, 0.3) is 0 Å². The standard InChI is InChI=1S/4C9H10OS.C5H12O4/c4*10-9(11)7-6-8-4-2-1-3-5-8;6-1-5(2-7,3-8)4-9/h4*1-5H,6-7H2,(H,10,11);6-9H,1-4H2. The summed E-state index contributed by atoms with van der Waals surface area (Å²) < 4.78 is 0. The summed E-state index contributed by atoms with van der Waals surface area (Å²) in [6.07, 6.45) is 5.26. The van der Waals surface area contributed by atoms with E-state index >= 15 is 0 Å². The van der Waals surface area contributed by atoms with E-state index < -0.39 is 31.8 Å². The molecule has 0 saturated heterocycles. The molecule has 8 nitrogen and oxygen atoms in total. The van der Waals surface area contributed by atoms with Crippen LogP contribution in [0.4, 0.5) is 0 Å². The summed E-state index contributed by atoms with van der Waals surface area (Å²) in [6.45, 7) is -1.62. The van der Waals surface area contributed by atoms with E-state index in [2.05, 4.69) is 50.5 Å². The lowest BCUT2D eigenvalue weighted by Crippen LogP contribution is -2.37. The normalized spacial score (nSPS) is 9.96. The maximum absolute atomic E-state index is 10.5. The average molecular weight is 801 g/mol. The van der Waals surface area contributed by atoms with Crippen LogP contribution >= 0.6 is 50.5 Å². The average Bonchev–Trinajstić information content (AvgIpc) is 3.18. The monoisotopic (exact) mass is 800 g/mol. The number of hydrogen-bond acceptors (Lipinski definition) is 8. The van der Waals surface area contributed by atoms with E-state index in [4.69, 9.17) is 20.4 Å². The lowest BCUT2D eigenvalue weighted by molar-refractivity contribution is -0.111. The van der Waals surface area contributed by atoms with Gasteiger partial charge in [0, 0.05) is 25.7 Å². The van der Waals surface area contributed by atoms with Crippen LogP contribution < -0.4 is 0 Å². The van der Waals surface area contributed by atoms with Crippen molar-refractivity contribution >= 4 is 71.0 Å². The van der Waals surface area contributed by atoms with Crippen LogP contribution in [0, 0.1) is 5.41 Å². The molecule has 0 aromatic heterocycles. The molecule has 0 heterocycles. The topological polar surface area (TPSA) is 149 Å². The van der Waals surface area contributed by atoms with E-state index in [1.54, 1.807) is 0 Å². The number of benzene rings is 4. The zero-order valence-corrected chi connectivity index (χ0v) is 33.3. The molecule has 0 fully saturated rings. The Morgan fingerprint density at radius 3 is 0.642 bits per heavy atom. The van der Waals surface area contributed by atoms with Crippen LogP contribution in [-0.2, 0) is 44.9 Å². The Morgan fingerprint density at radius 1 is 0.358 bits per heavy atom. The first-order valence-electron chi connectivity index (χ1n) is 16.9. The molecule has 53 heavy (non-hydrogen) atoms. The van der Waals surface area contributed by atoms with Crippen molar-refractivity contribution in [1.82, 2.24) is 0 Å². The molecule has 0 aliphatic heterocycles. The van der Waals surface area contributed by atoms with Gasteiger partial charge in [-0.1, -0.05) is 121 Å². The maximum atomic E-state index is 10.5. The van der Waals surface area contributed by atoms with Crippen molar-refractivity contribution in [2.24, 2.45) is 5.41 Å². The van der Waals surface area contributed by atoms with Crippen LogP contribution in [0.3, 0.4) is 0 Å². The van der Waals surface area contributed by atoms with Crippen molar-refractivity contribution in [2.75, 3.05) is 26.4 Å². The predicted molar refractivity (Wildman–Crippen MR) is 226 cm³/mol. The molecule has 0 atom stereocenters. The maximum Gasteiger partial charge on any atom is 0.186 e. The van der Waals surface area contributed by atoms with Gasteiger partial charge >= 0.3 is 0 Å². The molecule has 12 heteroatoms. The molecule has 0 bridgehead atoms. The third-order valence-electron chi connectivity index (χ3n) is 7.22. The van der Waals surface area contributed by atoms with Gasteiger partial charge in [0.15, 0.2) is 20.5 Å². The fourth-order valence-corrected chi connectivity index (χ4v) is 4.33. The Bertz CT molecular complexity index is 1290. The van der Waals surface area contributed by atoms with Gasteiger partial charge in [-0.25, -0.2) is 0 Å². The Labute approximate surface area is 335 Å². The quantitative estimate of drug-likeness (QED) is 0.0621. The summed E-state index contributed by atoms with van der Waals surface area (Å²) in [5.74, 6) is 0. The Morgan fingerprint density at radius 2 is 0.528 bits per heavy atom. The van der Waals surface area contributed by atoms with Gasteiger partial charge in [0.05, 0.1) is 31.8 Å². The number of thiol groups is 4. The third-order valence-corrected chi connectivity index (χ3v) is 8.12. The molecule has 4 aromatic rings. The smallest absolute Gasteiger partial charge is 0.186 e. The molecule has 0 radical (unpaired) electrons. The number of aliphatic hydroxyl groups is 4. The number of rotatable bonds is 16. The zero-order chi connectivity index (χ0) is 39.7. The van der Waals surface area contributed by atoms with Gasteiger partial charge in [-0.15, -0.1) is 50.5 Å². The fourth-order valence-electron chi connectivity index (χ4n) is 3.88. The summed E-state index contributed by atoms with van der Waals surface area (Å²) in [4.78, 5) is 41.9. The third kappa shape index (κ3) is 28.9. The van der Waals surface area contributed by atoms with Crippen molar-refractivity contribution in [3.8, 4) is 0 Å². The molecule has 0 saturated carbocycles. The molecule has 0 spiro atoms. The Kier molecular flexibility index (Phi) is 30.3. The lowest BCUT2D eigenvalue weighted by Gasteiger charge is -2.23. The van der Waals surface area contributed by atoms with Crippen LogP contribution in [0.15, 0.2) is 121 Å². The predicted octanol–water partition coefficient (Wildman–Crippen LogP) is 6.24. The van der Waals surface area contributed by atoms with Crippen molar-refractivity contribution in [3.63, 3.8) is 0 Å². The number of carbonyl (C=O) groups is 4. The Balaban J connectivity index is 0.000000639. The molecular weight excluding hydrogens is 749 g/mol.